The quantitative estimate of drug-likeness (QED) is 0.749. The fraction of sp³-hybridized carbons (Fsp3) is 0.278. The molecule has 3 rings (SSSR count). The van der Waals surface area contributed by atoms with Crippen LogP contribution in [0.3, 0.4) is 0 Å². The maximum atomic E-state index is 11.8. The summed E-state index contributed by atoms with van der Waals surface area (Å²) in [5, 5.41) is 15.5. The van der Waals surface area contributed by atoms with Gasteiger partial charge < -0.3 is 5.11 Å². The normalized spacial score (nSPS) is 11.9. The van der Waals surface area contributed by atoms with E-state index in [1.165, 1.54) is 0 Å². The van der Waals surface area contributed by atoms with Gasteiger partial charge in [-0.15, -0.1) is 0 Å². The second kappa shape index (κ2) is 5.60. The average Bonchev–Trinajstić information content (AvgIpc) is 2.85. The number of aromatic nitrogens is 3. The molecule has 0 aliphatic rings. The van der Waals surface area contributed by atoms with Crippen molar-refractivity contribution in [2.45, 2.75) is 33.1 Å². The fourth-order valence-corrected chi connectivity index (χ4v) is 2.91. The Morgan fingerprint density at radius 1 is 1.25 bits per heavy atom. The van der Waals surface area contributed by atoms with Gasteiger partial charge in [-0.25, -0.2) is 14.5 Å². The van der Waals surface area contributed by atoms with Crippen LogP contribution in [0, 0.1) is 6.92 Å². The van der Waals surface area contributed by atoms with Crippen molar-refractivity contribution in [1.82, 2.24) is 14.8 Å². The van der Waals surface area contributed by atoms with Gasteiger partial charge in [0.25, 0.3) is 0 Å². The molecule has 3 aromatic rings. The molecule has 5 nitrogen and oxygen atoms in total. The van der Waals surface area contributed by atoms with E-state index in [0.29, 0.717) is 27.4 Å². The summed E-state index contributed by atoms with van der Waals surface area (Å²) in [4.78, 5) is 16.3. The minimum absolute atomic E-state index is 0.218. The fourth-order valence-electron chi connectivity index (χ4n) is 2.72. The minimum Gasteiger partial charge on any atom is -0.478 e. The van der Waals surface area contributed by atoms with Crippen LogP contribution in [0.5, 0.6) is 0 Å². The van der Waals surface area contributed by atoms with Gasteiger partial charge in [-0.05, 0) is 31.2 Å². The SMILES string of the molecule is Cc1cc(C(=O)O)c2c(C(C)(C)C)nn(-c3cccc(Cl)c3)c2n1. The van der Waals surface area contributed by atoms with Crippen molar-refractivity contribution in [1.29, 1.82) is 0 Å². The topological polar surface area (TPSA) is 68.0 Å². The Labute approximate surface area is 144 Å². The predicted molar refractivity (Wildman–Crippen MR) is 94.3 cm³/mol. The number of benzene rings is 1. The number of aryl methyl sites for hydroxylation is 1. The Morgan fingerprint density at radius 2 is 1.96 bits per heavy atom. The molecule has 0 amide bonds. The number of hydrogen-bond donors (Lipinski definition) is 1. The van der Waals surface area contributed by atoms with Gasteiger partial charge in [-0.1, -0.05) is 38.4 Å². The van der Waals surface area contributed by atoms with E-state index in [0.717, 1.165) is 5.69 Å². The Hall–Kier alpha value is -2.40. The molecular weight excluding hydrogens is 326 g/mol. The number of pyridine rings is 1. The van der Waals surface area contributed by atoms with Crippen molar-refractivity contribution in [3.63, 3.8) is 0 Å². The smallest absolute Gasteiger partial charge is 0.336 e. The van der Waals surface area contributed by atoms with Gasteiger partial charge in [0.1, 0.15) is 0 Å². The van der Waals surface area contributed by atoms with Gasteiger partial charge in [-0.3, -0.25) is 0 Å². The summed E-state index contributed by atoms with van der Waals surface area (Å²) in [6, 6.07) is 8.85. The van der Waals surface area contributed by atoms with E-state index in [1.54, 1.807) is 29.8 Å². The van der Waals surface area contributed by atoms with Crippen molar-refractivity contribution in [2.75, 3.05) is 0 Å². The highest BCUT2D eigenvalue weighted by molar-refractivity contribution is 6.30. The van der Waals surface area contributed by atoms with E-state index in [9.17, 15) is 9.90 Å². The lowest BCUT2D eigenvalue weighted by molar-refractivity contribution is 0.0698. The molecule has 6 heteroatoms. The molecule has 0 aliphatic heterocycles. The van der Waals surface area contributed by atoms with Crippen molar-refractivity contribution in [3.05, 3.63) is 52.3 Å². The van der Waals surface area contributed by atoms with Crippen molar-refractivity contribution in [2.24, 2.45) is 0 Å². The van der Waals surface area contributed by atoms with Gasteiger partial charge in [0.15, 0.2) is 5.65 Å². The van der Waals surface area contributed by atoms with Crippen molar-refractivity contribution in [3.8, 4) is 5.69 Å². The number of carboxylic acids is 1. The Kier molecular flexibility index (Phi) is 3.84. The molecule has 124 valence electrons. The summed E-state index contributed by atoms with van der Waals surface area (Å²) >= 11 is 6.10. The molecule has 0 radical (unpaired) electrons. The molecule has 0 saturated heterocycles. The number of hydrogen-bond acceptors (Lipinski definition) is 3. The maximum absolute atomic E-state index is 11.8. The Morgan fingerprint density at radius 3 is 2.54 bits per heavy atom. The van der Waals surface area contributed by atoms with Gasteiger partial charge in [-0.2, -0.15) is 5.10 Å². The third-order valence-corrected chi connectivity index (χ3v) is 3.99. The summed E-state index contributed by atoms with van der Waals surface area (Å²) in [5.41, 5.74) is 2.49. The molecule has 24 heavy (non-hydrogen) atoms. The van der Waals surface area contributed by atoms with Crippen LogP contribution in [-0.2, 0) is 5.41 Å². The third kappa shape index (κ3) is 2.76. The predicted octanol–water partition coefficient (Wildman–Crippen LogP) is 4.38. The largest absolute Gasteiger partial charge is 0.478 e. The first kappa shape index (κ1) is 16.5. The van der Waals surface area contributed by atoms with Crippen molar-refractivity contribution >= 4 is 28.6 Å². The lowest BCUT2D eigenvalue weighted by Gasteiger charge is -2.16. The third-order valence-electron chi connectivity index (χ3n) is 3.76. The molecule has 0 spiro atoms. The standard InChI is InChI=1S/C18H18ClN3O2/c1-10-8-13(17(23)24)14-15(18(2,3)4)21-22(16(14)20-10)12-7-5-6-11(19)9-12/h5-9H,1-4H3,(H,23,24). The molecule has 1 N–H and O–H groups in total. The van der Waals surface area contributed by atoms with Crippen LogP contribution in [0.2, 0.25) is 5.02 Å². The lowest BCUT2D eigenvalue weighted by Crippen LogP contribution is -2.14. The highest BCUT2D eigenvalue weighted by atomic mass is 35.5. The maximum Gasteiger partial charge on any atom is 0.336 e. The van der Waals surface area contributed by atoms with Gasteiger partial charge in [0, 0.05) is 16.1 Å². The molecule has 0 fully saturated rings. The molecule has 0 bridgehead atoms. The molecule has 2 heterocycles. The first-order valence-corrected chi connectivity index (χ1v) is 7.96. The van der Waals surface area contributed by atoms with Crippen LogP contribution in [0.15, 0.2) is 30.3 Å². The number of rotatable bonds is 2. The summed E-state index contributed by atoms with van der Waals surface area (Å²) in [7, 11) is 0. The molecule has 0 saturated carbocycles. The van der Waals surface area contributed by atoms with Gasteiger partial charge in [0.2, 0.25) is 0 Å². The average molecular weight is 344 g/mol. The number of nitrogens with zero attached hydrogens (tertiary/aromatic N) is 3. The molecule has 1 aromatic carbocycles. The lowest BCUT2D eigenvalue weighted by atomic mass is 9.89. The zero-order chi connectivity index (χ0) is 17.6. The summed E-state index contributed by atoms with van der Waals surface area (Å²) in [5.74, 6) is -0.985. The highest BCUT2D eigenvalue weighted by Crippen LogP contribution is 2.33. The molecular formula is C18H18ClN3O2. The van der Waals surface area contributed by atoms with E-state index >= 15 is 0 Å². The number of carbonyl (C=O) groups is 1. The number of carboxylic acid groups (broad SMARTS) is 1. The van der Waals surface area contributed by atoms with E-state index in [-0.39, 0.29) is 11.0 Å². The van der Waals surface area contributed by atoms with Crippen LogP contribution in [-0.4, -0.2) is 25.8 Å². The summed E-state index contributed by atoms with van der Waals surface area (Å²) < 4.78 is 1.67. The van der Waals surface area contributed by atoms with E-state index in [2.05, 4.69) is 10.1 Å². The monoisotopic (exact) mass is 343 g/mol. The van der Waals surface area contributed by atoms with Gasteiger partial charge in [0.05, 0.1) is 22.3 Å². The molecule has 2 aromatic heterocycles. The van der Waals surface area contributed by atoms with Crippen LogP contribution in [0.4, 0.5) is 0 Å². The van der Waals surface area contributed by atoms with Gasteiger partial charge >= 0.3 is 5.97 Å². The first-order chi connectivity index (χ1) is 11.2. The molecule has 0 unspecified atom stereocenters. The van der Waals surface area contributed by atoms with E-state index in [1.807, 2.05) is 32.9 Å². The highest BCUT2D eigenvalue weighted by Gasteiger charge is 2.28. The second-order valence-corrected chi connectivity index (χ2v) is 7.24. The minimum atomic E-state index is -0.985. The summed E-state index contributed by atoms with van der Waals surface area (Å²) in [6.45, 7) is 7.78. The van der Waals surface area contributed by atoms with Crippen LogP contribution < -0.4 is 0 Å². The van der Waals surface area contributed by atoms with E-state index < -0.39 is 5.97 Å². The zero-order valence-corrected chi connectivity index (χ0v) is 14.7. The van der Waals surface area contributed by atoms with E-state index in [4.69, 9.17) is 11.6 Å². The Bertz CT molecular complexity index is 955. The van der Waals surface area contributed by atoms with Crippen LogP contribution in [0.25, 0.3) is 16.7 Å². The first-order valence-electron chi connectivity index (χ1n) is 7.58. The number of aromatic carboxylic acids is 1. The molecule has 0 aliphatic carbocycles. The Balaban J connectivity index is 2.46. The van der Waals surface area contributed by atoms with Crippen LogP contribution >= 0.6 is 11.6 Å². The second-order valence-electron chi connectivity index (χ2n) is 6.81. The van der Waals surface area contributed by atoms with Crippen molar-refractivity contribution < 1.29 is 9.90 Å². The molecule has 0 atom stereocenters. The number of fused-ring (bicyclic) bond motifs is 1. The summed E-state index contributed by atoms with van der Waals surface area (Å²) in [6.07, 6.45) is 0. The zero-order valence-electron chi connectivity index (χ0n) is 14.0. The number of halogens is 1. The van der Waals surface area contributed by atoms with Crippen LogP contribution in [0.1, 0.15) is 42.5 Å².